The summed E-state index contributed by atoms with van der Waals surface area (Å²) in [4.78, 5) is 0. The summed E-state index contributed by atoms with van der Waals surface area (Å²) in [5.41, 5.74) is 9.65. The molecule has 2 rings (SSSR count). The van der Waals surface area contributed by atoms with E-state index in [0.29, 0.717) is 12.0 Å². The minimum atomic E-state index is 0.268. The summed E-state index contributed by atoms with van der Waals surface area (Å²) < 4.78 is 0. The molecule has 1 aliphatic carbocycles. The average Bonchev–Trinajstić information content (AvgIpc) is 2.25. The molecule has 88 valence electrons. The molecule has 0 saturated heterocycles. The van der Waals surface area contributed by atoms with Crippen molar-refractivity contribution in [1.29, 1.82) is 0 Å². The first-order valence-corrected chi connectivity index (χ1v) is 6.38. The van der Waals surface area contributed by atoms with Crippen molar-refractivity contribution in [3.8, 4) is 0 Å². The van der Waals surface area contributed by atoms with Gasteiger partial charge in [-0.25, -0.2) is 0 Å². The van der Waals surface area contributed by atoms with E-state index in [1.165, 1.54) is 17.5 Å². The van der Waals surface area contributed by atoms with E-state index in [1.807, 2.05) is 0 Å². The zero-order valence-electron chi connectivity index (χ0n) is 10.7. The minimum Gasteiger partial charge on any atom is -0.327 e. The molecular weight excluding hydrogens is 194 g/mol. The average molecular weight is 217 g/mol. The highest BCUT2D eigenvalue weighted by molar-refractivity contribution is 5.39. The van der Waals surface area contributed by atoms with Gasteiger partial charge in [0.2, 0.25) is 0 Å². The third-order valence-corrected chi connectivity index (χ3v) is 4.41. The molecule has 1 aromatic carbocycles. The standard InChI is InChI=1S/C15H23N/c1-4-15(2,3)14(16)10-12-9-11-7-5-6-8-13(11)12/h5-8,12,14H,4,9-10,16H2,1-3H3. The third-order valence-electron chi connectivity index (χ3n) is 4.41. The molecule has 0 bridgehead atoms. The smallest absolute Gasteiger partial charge is 0.00961 e. The van der Waals surface area contributed by atoms with Gasteiger partial charge in [-0.05, 0) is 41.7 Å². The predicted molar refractivity (Wildman–Crippen MR) is 69.6 cm³/mol. The van der Waals surface area contributed by atoms with E-state index in [9.17, 15) is 0 Å². The maximum atomic E-state index is 6.33. The highest BCUT2D eigenvalue weighted by Crippen LogP contribution is 2.40. The second-order valence-electron chi connectivity index (χ2n) is 5.78. The van der Waals surface area contributed by atoms with E-state index in [2.05, 4.69) is 45.0 Å². The lowest BCUT2D eigenvalue weighted by atomic mass is 9.70. The quantitative estimate of drug-likeness (QED) is 0.821. The number of hydrogen-bond donors (Lipinski definition) is 1. The molecule has 0 aromatic heterocycles. The van der Waals surface area contributed by atoms with Crippen LogP contribution >= 0.6 is 0 Å². The first kappa shape index (κ1) is 11.7. The maximum absolute atomic E-state index is 6.33. The van der Waals surface area contributed by atoms with Crippen molar-refractivity contribution in [2.45, 2.75) is 52.0 Å². The molecule has 2 atom stereocenters. The Labute approximate surface area is 99.0 Å². The molecule has 1 aliphatic rings. The van der Waals surface area contributed by atoms with Crippen LogP contribution in [0.25, 0.3) is 0 Å². The second kappa shape index (κ2) is 4.21. The fraction of sp³-hybridized carbons (Fsp3) is 0.600. The SMILES string of the molecule is CCC(C)(C)C(N)CC1Cc2ccccc21. The molecule has 0 amide bonds. The minimum absolute atomic E-state index is 0.268. The molecule has 1 aromatic rings. The Morgan fingerprint density at radius 3 is 2.69 bits per heavy atom. The van der Waals surface area contributed by atoms with Gasteiger partial charge in [-0.1, -0.05) is 45.0 Å². The second-order valence-corrected chi connectivity index (χ2v) is 5.78. The lowest BCUT2D eigenvalue weighted by Gasteiger charge is -2.37. The van der Waals surface area contributed by atoms with Gasteiger partial charge in [-0.2, -0.15) is 0 Å². The van der Waals surface area contributed by atoms with Crippen LogP contribution in [0.1, 0.15) is 50.7 Å². The Kier molecular flexibility index (Phi) is 3.07. The van der Waals surface area contributed by atoms with E-state index in [-0.39, 0.29) is 5.41 Å². The fourth-order valence-electron chi connectivity index (χ4n) is 2.46. The van der Waals surface area contributed by atoms with Crippen LogP contribution < -0.4 is 5.73 Å². The summed E-state index contributed by atoms with van der Waals surface area (Å²) in [5.74, 6) is 0.706. The highest BCUT2D eigenvalue weighted by atomic mass is 14.7. The molecule has 0 radical (unpaired) electrons. The zero-order chi connectivity index (χ0) is 11.8. The summed E-state index contributed by atoms with van der Waals surface area (Å²) in [5, 5.41) is 0. The first-order chi connectivity index (χ1) is 7.54. The molecule has 0 fully saturated rings. The molecule has 16 heavy (non-hydrogen) atoms. The normalized spacial score (nSPS) is 21.1. The Bertz CT molecular complexity index is 367. The number of hydrogen-bond acceptors (Lipinski definition) is 1. The molecule has 0 heterocycles. The van der Waals surface area contributed by atoms with Gasteiger partial charge in [-0.3, -0.25) is 0 Å². The number of fused-ring (bicyclic) bond motifs is 1. The molecule has 0 spiro atoms. The molecule has 2 unspecified atom stereocenters. The van der Waals surface area contributed by atoms with Crippen molar-refractivity contribution in [2.75, 3.05) is 0 Å². The van der Waals surface area contributed by atoms with E-state index >= 15 is 0 Å². The van der Waals surface area contributed by atoms with Crippen molar-refractivity contribution in [3.05, 3.63) is 35.4 Å². The van der Waals surface area contributed by atoms with Crippen LogP contribution in [0.15, 0.2) is 24.3 Å². The van der Waals surface area contributed by atoms with Crippen molar-refractivity contribution >= 4 is 0 Å². The van der Waals surface area contributed by atoms with E-state index in [1.54, 1.807) is 0 Å². The Morgan fingerprint density at radius 2 is 2.06 bits per heavy atom. The lowest BCUT2D eigenvalue weighted by molar-refractivity contribution is 0.246. The molecule has 2 N–H and O–H groups in total. The summed E-state index contributed by atoms with van der Waals surface area (Å²) >= 11 is 0. The highest BCUT2D eigenvalue weighted by Gasteiger charge is 2.32. The van der Waals surface area contributed by atoms with Crippen LogP contribution in [0.4, 0.5) is 0 Å². The molecule has 0 aliphatic heterocycles. The van der Waals surface area contributed by atoms with E-state index in [4.69, 9.17) is 5.73 Å². The topological polar surface area (TPSA) is 26.0 Å². The van der Waals surface area contributed by atoms with E-state index in [0.717, 1.165) is 12.8 Å². The van der Waals surface area contributed by atoms with Crippen molar-refractivity contribution in [2.24, 2.45) is 11.1 Å². The van der Waals surface area contributed by atoms with Gasteiger partial charge < -0.3 is 5.73 Å². The molecule has 1 heteroatoms. The summed E-state index contributed by atoms with van der Waals surface area (Å²) in [6.07, 6.45) is 3.52. The third kappa shape index (κ3) is 2.01. The zero-order valence-corrected chi connectivity index (χ0v) is 10.7. The largest absolute Gasteiger partial charge is 0.327 e. The van der Waals surface area contributed by atoms with Crippen LogP contribution in [0.3, 0.4) is 0 Å². The number of rotatable bonds is 4. The number of nitrogens with two attached hydrogens (primary N) is 1. The van der Waals surface area contributed by atoms with Crippen LogP contribution in [0.2, 0.25) is 0 Å². The summed E-state index contributed by atoms with van der Waals surface area (Å²) in [7, 11) is 0. The van der Waals surface area contributed by atoms with Crippen molar-refractivity contribution in [3.63, 3.8) is 0 Å². The Morgan fingerprint density at radius 1 is 1.38 bits per heavy atom. The first-order valence-electron chi connectivity index (χ1n) is 6.38. The van der Waals surface area contributed by atoms with Crippen LogP contribution in [0, 0.1) is 5.41 Å². The van der Waals surface area contributed by atoms with Gasteiger partial charge in [0.05, 0.1) is 0 Å². The van der Waals surface area contributed by atoms with Gasteiger partial charge in [0, 0.05) is 6.04 Å². The van der Waals surface area contributed by atoms with Crippen LogP contribution in [0.5, 0.6) is 0 Å². The molecule has 1 nitrogen and oxygen atoms in total. The van der Waals surface area contributed by atoms with E-state index < -0.39 is 0 Å². The van der Waals surface area contributed by atoms with Gasteiger partial charge in [0.25, 0.3) is 0 Å². The van der Waals surface area contributed by atoms with Crippen molar-refractivity contribution in [1.82, 2.24) is 0 Å². The van der Waals surface area contributed by atoms with Gasteiger partial charge in [-0.15, -0.1) is 0 Å². The van der Waals surface area contributed by atoms with Crippen molar-refractivity contribution < 1.29 is 0 Å². The maximum Gasteiger partial charge on any atom is 0.00961 e. The molecular formula is C15H23N. The van der Waals surface area contributed by atoms with Gasteiger partial charge in [0.1, 0.15) is 0 Å². The number of benzene rings is 1. The van der Waals surface area contributed by atoms with Crippen LogP contribution in [-0.4, -0.2) is 6.04 Å². The predicted octanol–water partition coefficient (Wildman–Crippen LogP) is 3.48. The van der Waals surface area contributed by atoms with Gasteiger partial charge >= 0.3 is 0 Å². The monoisotopic (exact) mass is 217 g/mol. The van der Waals surface area contributed by atoms with Crippen LogP contribution in [-0.2, 0) is 6.42 Å². The molecule has 0 saturated carbocycles. The Balaban J connectivity index is 1.99. The van der Waals surface area contributed by atoms with Gasteiger partial charge in [0.15, 0.2) is 0 Å². The fourth-order valence-corrected chi connectivity index (χ4v) is 2.46. The Hall–Kier alpha value is -0.820. The lowest BCUT2D eigenvalue weighted by Crippen LogP contribution is -2.39. The summed E-state index contributed by atoms with van der Waals surface area (Å²) in [6, 6.07) is 9.08. The summed E-state index contributed by atoms with van der Waals surface area (Å²) in [6.45, 7) is 6.79.